The molecule has 0 radical (unpaired) electrons. The molecule has 1 heterocycles. The van der Waals surface area contributed by atoms with Crippen molar-refractivity contribution in [2.24, 2.45) is 4.99 Å². The number of benzene rings is 1. The minimum absolute atomic E-state index is 0.470. The number of rotatable bonds is 7. The highest BCUT2D eigenvalue weighted by molar-refractivity contribution is 5.79. The van der Waals surface area contributed by atoms with Gasteiger partial charge < -0.3 is 15.4 Å². The zero-order valence-corrected chi connectivity index (χ0v) is 14.6. The Morgan fingerprint density at radius 2 is 1.96 bits per heavy atom. The van der Waals surface area contributed by atoms with E-state index < -0.39 is 0 Å². The first-order valence-electron chi connectivity index (χ1n) is 8.21. The molecule has 0 aliphatic carbocycles. The van der Waals surface area contributed by atoms with E-state index in [4.69, 9.17) is 4.74 Å². The van der Waals surface area contributed by atoms with E-state index in [1.165, 1.54) is 5.56 Å². The third kappa shape index (κ3) is 5.57. The first-order chi connectivity index (χ1) is 11.7. The van der Waals surface area contributed by atoms with E-state index in [-0.39, 0.29) is 0 Å². The summed E-state index contributed by atoms with van der Waals surface area (Å²) in [5, 5.41) is 6.62. The SMILES string of the molecule is CN=C(NCCC(C)c1ccc(OC)cc1)NCc1ccccn1. The third-order valence-corrected chi connectivity index (χ3v) is 3.94. The molecule has 2 aromatic rings. The van der Waals surface area contributed by atoms with Crippen molar-refractivity contribution in [2.45, 2.75) is 25.8 Å². The Morgan fingerprint density at radius 3 is 2.58 bits per heavy atom. The number of nitrogens with one attached hydrogen (secondary N) is 2. The fourth-order valence-electron chi connectivity index (χ4n) is 2.40. The number of hydrogen-bond donors (Lipinski definition) is 2. The van der Waals surface area contributed by atoms with E-state index in [1.807, 2.05) is 30.3 Å². The normalized spacial score (nSPS) is 12.5. The van der Waals surface area contributed by atoms with Gasteiger partial charge in [0, 0.05) is 19.8 Å². The number of ether oxygens (including phenoxy) is 1. The second kappa shape index (κ2) is 9.55. The first kappa shape index (κ1) is 17.8. The summed E-state index contributed by atoms with van der Waals surface area (Å²) in [5.41, 5.74) is 2.31. The number of hydrogen-bond acceptors (Lipinski definition) is 3. The molecule has 0 saturated heterocycles. The van der Waals surface area contributed by atoms with Crippen LogP contribution in [-0.4, -0.2) is 31.6 Å². The van der Waals surface area contributed by atoms with Gasteiger partial charge in [0.1, 0.15) is 5.75 Å². The van der Waals surface area contributed by atoms with Crippen LogP contribution in [0.5, 0.6) is 5.75 Å². The fourth-order valence-corrected chi connectivity index (χ4v) is 2.40. The van der Waals surface area contributed by atoms with Crippen molar-refractivity contribution in [1.29, 1.82) is 0 Å². The van der Waals surface area contributed by atoms with Crippen LogP contribution in [0.25, 0.3) is 0 Å². The summed E-state index contributed by atoms with van der Waals surface area (Å²) in [4.78, 5) is 8.54. The maximum atomic E-state index is 5.20. The quantitative estimate of drug-likeness (QED) is 0.607. The van der Waals surface area contributed by atoms with Gasteiger partial charge in [0.15, 0.2) is 5.96 Å². The van der Waals surface area contributed by atoms with E-state index in [2.05, 4.69) is 39.7 Å². The van der Waals surface area contributed by atoms with Crippen molar-refractivity contribution >= 4 is 5.96 Å². The van der Waals surface area contributed by atoms with Crippen molar-refractivity contribution in [1.82, 2.24) is 15.6 Å². The van der Waals surface area contributed by atoms with Gasteiger partial charge in [-0.3, -0.25) is 9.98 Å². The molecule has 0 aliphatic rings. The Labute approximate surface area is 144 Å². The van der Waals surface area contributed by atoms with Gasteiger partial charge >= 0.3 is 0 Å². The van der Waals surface area contributed by atoms with E-state index in [0.29, 0.717) is 12.5 Å². The fraction of sp³-hybridized carbons (Fsp3) is 0.368. The van der Waals surface area contributed by atoms with Crippen molar-refractivity contribution < 1.29 is 4.74 Å². The minimum Gasteiger partial charge on any atom is -0.497 e. The Balaban J connectivity index is 1.74. The van der Waals surface area contributed by atoms with Crippen LogP contribution in [0.4, 0.5) is 0 Å². The lowest BCUT2D eigenvalue weighted by molar-refractivity contribution is 0.414. The molecule has 2 N–H and O–H groups in total. The minimum atomic E-state index is 0.470. The Morgan fingerprint density at radius 1 is 1.17 bits per heavy atom. The summed E-state index contributed by atoms with van der Waals surface area (Å²) in [6, 6.07) is 14.1. The lowest BCUT2D eigenvalue weighted by atomic mass is 9.98. The number of methoxy groups -OCH3 is 1. The van der Waals surface area contributed by atoms with Crippen LogP contribution < -0.4 is 15.4 Å². The van der Waals surface area contributed by atoms with Gasteiger partial charge in [-0.1, -0.05) is 25.1 Å². The molecule has 1 unspecified atom stereocenters. The molecule has 2 rings (SSSR count). The smallest absolute Gasteiger partial charge is 0.191 e. The van der Waals surface area contributed by atoms with E-state index in [9.17, 15) is 0 Å². The van der Waals surface area contributed by atoms with Crippen LogP contribution in [0.1, 0.15) is 30.5 Å². The zero-order valence-electron chi connectivity index (χ0n) is 14.6. The maximum absolute atomic E-state index is 5.20. The van der Waals surface area contributed by atoms with Gasteiger partial charge in [-0.05, 0) is 42.2 Å². The van der Waals surface area contributed by atoms with Gasteiger partial charge in [0.05, 0.1) is 19.3 Å². The molecule has 5 heteroatoms. The van der Waals surface area contributed by atoms with Gasteiger partial charge in [0.25, 0.3) is 0 Å². The van der Waals surface area contributed by atoms with Gasteiger partial charge in [-0.25, -0.2) is 0 Å². The van der Waals surface area contributed by atoms with Crippen LogP contribution in [-0.2, 0) is 6.54 Å². The summed E-state index contributed by atoms with van der Waals surface area (Å²) in [6.45, 7) is 3.75. The van der Waals surface area contributed by atoms with Gasteiger partial charge in [-0.2, -0.15) is 0 Å². The Hall–Kier alpha value is -2.56. The van der Waals surface area contributed by atoms with Crippen molar-refractivity contribution in [3.63, 3.8) is 0 Å². The van der Waals surface area contributed by atoms with Crippen LogP contribution >= 0.6 is 0 Å². The number of pyridine rings is 1. The molecule has 0 aliphatic heterocycles. The molecule has 24 heavy (non-hydrogen) atoms. The average Bonchev–Trinajstić information content (AvgIpc) is 2.65. The molecule has 0 saturated carbocycles. The number of guanidine groups is 1. The van der Waals surface area contributed by atoms with Crippen LogP contribution in [0.2, 0.25) is 0 Å². The van der Waals surface area contributed by atoms with E-state index in [1.54, 1.807) is 20.4 Å². The molecule has 0 bridgehead atoms. The van der Waals surface area contributed by atoms with Crippen LogP contribution in [0, 0.1) is 0 Å². The Bertz CT molecular complexity index is 626. The third-order valence-electron chi connectivity index (χ3n) is 3.94. The predicted octanol–water partition coefficient (Wildman–Crippen LogP) is 2.95. The first-order valence-corrected chi connectivity index (χ1v) is 8.21. The molecular weight excluding hydrogens is 300 g/mol. The monoisotopic (exact) mass is 326 g/mol. The lowest BCUT2D eigenvalue weighted by Gasteiger charge is -2.15. The van der Waals surface area contributed by atoms with Crippen LogP contribution in [0.15, 0.2) is 53.7 Å². The zero-order chi connectivity index (χ0) is 17.2. The van der Waals surface area contributed by atoms with Crippen molar-refractivity contribution in [2.75, 3.05) is 20.7 Å². The topological polar surface area (TPSA) is 58.5 Å². The molecule has 0 spiro atoms. The second-order valence-electron chi connectivity index (χ2n) is 5.64. The summed E-state index contributed by atoms with van der Waals surface area (Å²) in [7, 11) is 3.46. The molecule has 128 valence electrons. The molecule has 1 atom stereocenters. The Kier molecular flexibility index (Phi) is 7.08. The highest BCUT2D eigenvalue weighted by Crippen LogP contribution is 2.21. The summed E-state index contributed by atoms with van der Waals surface area (Å²) >= 11 is 0. The molecular formula is C19H26N4O. The molecule has 1 aromatic carbocycles. The molecule has 0 fully saturated rings. The van der Waals surface area contributed by atoms with Crippen molar-refractivity contribution in [3.05, 3.63) is 59.9 Å². The number of nitrogens with zero attached hydrogens (tertiary/aromatic N) is 2. The van der Waals surface area contributed by atoms with E-state index in [0.717, 1.165) is 30.4 Å². The molecule has 1 aromatic heterocycles. The predicted molar refractivity (Wildman–Crippen MR) is 98.5 cm³/mol. The average molecular weight is 326 g/mol. The number of aliphatic imine (C=N–C) groups is 1. The molecule has 5 nitrogen and oxygen atoms in total. The number of aromatic nitrogens is 1. The summed E-state index contributed by atoms with van der Waals surface area (Å²) in [6.07, 6.45) is 2.82. The summed E-state index contributed by atoms with van der Waals surface area (Å²) in [5.74, 6) is 2.16. The maximum Gasteiger partial charge on any atom is 0.191 e. The summed E-state index contributed by atoms with van der Waals surface area (Å²) < 4.78 is 5.20. The molecule has 0 amide bonds. The van der Waals surface area contributed by atoms with Gasteiger partial charge in [0.2, 0.25) is 0 Å². The van der Waals surface area contributed by atoms with Gasteiger partial charge in [-0.15, -0.1) is 0 Å². The lowest BCUT2D eigenvalue weighted by Crippen LogP contribution is -2.37. The van der Waals surface area contributed by atoms with E-state index >= 15 is 0 Å². The highest BCUT2D eigenvalue weighted by atomic mass is 16.5. The largest absolute Gasteiger partial charge is 0.497 e. The van der Waals surface area contributed by atoms with Crippen molar-refractivity contribution in [3.8, 4) is 5.75 Å². The second-order valence-corrected chi connectivity index (χ2v) is 5.64. The highest BCUT2D eigenvalue weighted by Gasteiger charge is 2.06. The van der Waals surface area contributed by atoms with Crippen LogP contribution in [0.3, 0.4) is 0 Å². The standard InChI is InChI=1S/C19H26N4O/c1-15(16-7-9-18(24-3)10-8-16)11-13-22-19(20-2)23-14-17-6-4-5-12-21-17/h4-10,12,15H,11,13-14H2,1-3H3,(H2,20,22,23).